The van der Waals surface area contributed by atoms with Gasteiger partial charge in [-0.05, 0) is 59.2 Å². The van der Waals surface area contributed by atoms with Crippen LogP contribution in [-0.4, -0.2) is 35.5 Å². The molecule has 7 rings (SSSR count). The number of benzene rings is 4. The lowest BCUT2D eigenvalue weighted by molar-refractivity contribution is -0.122. The lowest BCUT2D eigenvalue weighted by atomic mass is 9.62. The summed E-state index contributed by atoms with van der Waals surface area (Å²) in [4.78, 5) is 45.9. The number of ketones is 2. The predicted molar refractivity (Wildman–Crippen MR) is 162 cm³/mol. The van der Waals surface area contributed by atoms with Crippen molar-refractivity contribution in [3.05, 3.63) is 135 Å². The maximum atomic E-state index is 14.9. The van der Waals surface area contributed by atoms with E-state index in [1.807, 2.05) is 65.7 Å². The first-order valence-corrected chi connectivity index (χ1v) is 14.2. The molecule has 0 unspecified atom stereocenters. The molecule has 3 aliphatic heterocycles. The summed E-state index contributed by atoms with van der Waals surface area (Å²) in [5, 5.41) is 3.57. The maximum Gasteiger partial charge on any atom is 0.238 e. The van der Waals surface area contributed by atoms with E-state index in [1.54, 1.807) is 36.4 Å². The first kappa shape index (κ1) is 26.5. The van der Waals surface area contributed by atoms with Gasteiger partial charge in [-0.25, -0.2) is 0 Å². The number of ether oxygens (including phenoxy) is 1. The minimum absolute atomic E-state index is 0.155. The fourth-order valence-corrected chi connectivity index (χ4v) is 7.47. The molecule has 4 aromatic carbocycles. The Morgan fingerprint density at radius 1 is 0.905 bits per heavy atom. The smallest absolute Gasteiger partial charge is 0.238 e. The van der Waals surface area contributed by atoms with E-state index in [4.69, 9.17) is 27.9 Å². The molecule has 1 spiro atoms. The quantitative estimate of drug-likeness (QED) is 0.252. The SMILES string of the molecule is COc1cccc(C(=O)[C@@H]2[C@H](C(=O)c3ccc(Cl)cc3Cl)[C@@]3(C(=O)Nc4ccccc43)[C@H]3c4ccccc4C=CN23)c1. The van der Waals surface area contributed by atoms with Crippen molar-refractivity contribution < 1.29 is 19.1 Å². The molecule has 0 bridgehead atoms. The molecule has 0 aliphatic carbocycles. The zero-order chi connectivity index (χ0) is 29.2. The van der Waals surface area contributed by atoms with Gasteiger partial charge in [0, 0.05) is 28.0 Å². The minimum atomic E-state index is -1.45. The monoisotopic (exact) mass is 594 g/mol. The molecular formula is C34H24Cl2N2O4. The third kappa shape index (κ3) is 3.68. The van der Waals surface area contributed by atoms with Crippen LogP contribution in [0.3, 0.4) is 0 Å². The van der Waals surface area contributed by atoms with E-state index in [-0.39, 0.29) is 22.3 Å². The summed E-state index contributed by atoms with van der Waals surface area (Å²) in [6, 6.07) is 25.0. The van der Waals surface area contributed by atoms with Gasteiger partial charge in [0.1, 0.15) is 17.2 Å². The number of nitrogens with one attached hydrogen (secondary N) is 1. The van der Waals surface area contributed by atoms with Crippen LogP contribution in [0, 0.1) is 5.92 Å². The summed E-state index contributed by atoms with van der Waals surface area (Å²) in [5.74, 6) is -1.68. The first-order valence-electron chi connectivity index (χ1n) is 13.5. The number of amides is 1. The third-order valence-corrected chi connectivity index (χ3v) is 9.22. The molecular weight excluding hydrogens is 571 g/mol. The molecule has 3 aliphatic rings. The number of hydrogen-bond acceptors (Lipinski definition) is 5. The van der Waals surface area contributed by atoms with Gasteiger partial charge in [-0.1, -0.05) is 77.8 Å². The van der Waals surface area contributed by atoms with Crippen LogP contribution in [0.2, 0.25) is 10.0 Å². The molecule has 6 nitrogen and oxygen atoms in total. The Bertz CT molecular complexity index is 1840. The molecule has 4 atom stereocenters. The van der Waals surface area contributed by atoms with Gasteiger partial charge in [0.2, 0.25) is 5.91 Å². The number of carbonyl (C=O) groups excluding carboxylic acids is 3. The predicted octanol–water partition coefficient (Wildman–Crippen LogP) is 6.98. The maximum absolute atomic E-state index is 14.9. The van der Waals surface area contributed by atoms with Crippen LogP contribution >= 0.6 is 23.2 Å². The normalized spacial score (nSPS) is 23.3. The lowest BCUT2D eigenvalue weighted by Crippen LogP contribution is -2.49. The number of halogens is 2. The van der Waals surface area contributed by atoms with Gasteiger partial charge in [0.25, 0.3) is 0 Å². The van der Waals surface area contributed by atoms with Crippen molar-refractivity contribution in [1.82, 2.24) is 4.90 Å². The lowest BCUT2D eigenvalue weighted by Gasteiger charge is -2.38. The molecule has 1 saturated heterocycles. The molecule has 208 valence electrons. The van der Waals surface area contributed by atoms with E-state index in [0.29, 0.717) is 27.6 Å². The second kappa shape index (κ2) is 9.86. The summed E-state index contributed by atoms with van der Waals surface area (Å²) in [6.45, 7) is 0. The van der Waals surface area contributed by atoms with Crippen molar-refractivity contribution in [2.75, 3.05) is 12.4 Å². The standard InChI is InChI=1S/C34H24Cl2N2O4/c1-42-22-9-6-8-20(17-22)30(39)29-28(31(40)24-14-13-21(35)18-26(24)36)34(25-11-4-5-12-27(25)37-33(34)41)32-23-10-3-2-7-19(23)15-16-38(29)32/h2-18,28-29,32H,1H3,(H,37,41)/t28-,29+,32-,34-/m1/s1. The number of Topliss-reactive ketones (excluding diaryl/α,β-unsaturated/α-hetero) is 2. The average molecular weight is 595 g/mol. The summed E-state index contributed by atoms with van der Waals surface area (Å²) in [5.41, 5.74) is 2.17. The Morgan fingerprint density at radius 2 is 1.69 bits per heavy atom. The molecule has 3 heterocycles. The van der Waals surface area contributed by atoms with Crippen molar-refractivity contribution in [2.45, 2.75) is 17.5 Å². The first-order chi connectivity index (χ1) is 20.4. The molecule has 0 radical (unpaired) electrons. The van der Waals surface area contributed by atoms with Crippen LogP contribution in [0.4, 0.5) is 5.69 Å². The van der Waals surface area contributed by atoms with Crippen LogP contribution in [0.1, 0.15) is 43.4 Å². The van der Waals surface area contributed by atoms with Crippen LogP contribution < -0.4 is 10.1 Å². The highest BCUT2D eigenvalue weighted by molar-refractivity contribution is 6.37. The van der Waals surface area contributed by atoms with Crippen molar-refractivity contribution in [3.8, 4) is 5.75 Å². The number of fused-ring (bicyclic) bond motifs is 6. The highest BCUT2D eigenvalue weighted by Crippen LogP contribution is 2.62. The van der Waals surface area contributed by atoms with Gasteiger partial charge in [0.05, 0.1) is 24.1 Å². The van der Waals surface area contributed by atoms with Gasteiger partial charge in [-0.3, -0.25) is 14.4 Å². The van der Waals surface area contributed by atoms with E-state index in [9.17, 15) is 14.4 Å². The van der Waals surface area contributed by atoms with E-state index in [2.05, 4.69) is 5.32 Å². The fourth-order valence-electron chi connectivity index (χ4n) is 6.97. The second-order valence-electron chi connectivity index (χ2n) is 10.7. The molecule has 0 saturated carbocycles. The van der Waals surface area contributed by atoms with Crippen molar-refractivity contribution in [1.29, 1.82) is 0 Å². The van der Waals surface area contributed by atoms with Crippen molar-refractivity contribution in [3.63, 3.8) is 0 Å². The third-order valence-electron chi connectivity index (χ3n) is 8.67. The van der Waals surface area contributed by atoms with Crippen molar-refractivity contribution in [2.24, 2.45) is 5.92 Å². The van der Waals surface area contributed by atoms with Gasteiger partial charge in [-0.2, -0.15) is 0 Å². The number of anilines is 1. The summed E-state index contributed by atoms with van der Waals surface area (Å²) in [7, 11) is 1.53. The van der Waals surface area contributed by atoms with Crippen molar-refractivity contribution >= 4 is 52.4 Å². The van der Waals surface area contributed by atoms with E-state index >= 15 is 0 Å². The average Bonchev–Trinajstić information content (AvgIpc) is 3.48. The number of methoxy groups -OCH3 is 1. The molecule has 4 aromatic rings. The van der Waals surface area contributed by atoms with Crippen LogP contribution in [0.25, 0.3) is 6.08 Å². The van der Waals surface area contributed by atoms with Gasteiger partial charge in [-0.15, -0.1) is 0 Å². The summed E-state index contributed by atoms with van der Waals surface area (Å²) in [6.07, 6.45) is 3.76. The molecule has 8 heteroatoms. The highest BCUT2D eigenvalue weighted by Gasteiger charge is 2.70. The summed E-state index contributed by atoms with van der Waals surface area (Å²) < 4.78 is 5.41. The second-order valence-corrected chi connectivity index (χ2v) is 11.5. The van der Waals surface area contributed by atoms with Gasteiger partial charge >= 0.3 is 0 Å². The molecule has 42 heavy (non-hydrogen) atoms. The summed E-state index contributed by atoms with van der Waals surface area (Å²) >= 11 is 12.8. The minimum Gasteiger partial charge on any atom is -0.497 e. The van der Waals surface area contributed by atoms with E-state index in [0.717, 1.165) is 11.1 Å². The topological polar surface area (TPSA) is 75.7 Å². The molecule has 0 aromatic heterocycles. The van der Waals surface area contributed by atoms with Crippen LogP contribution in [0.5, 0.6) is 5.75 Å². The van der Waals surface area contributed by atoms with Crippen LogP contribution in [-0.2, 0) is 10.2 Å². The molecule has 1 fully saturated rings. The Hall–Kier alpha value is -4.39. The van der Waals surface area contributed by atoms with E-state index in [1.165, 1.54) is 13.2 Å². The molecule has 1 amide bonds. The molecule has 1 N–H and O–H groups in total. The fraction of sp³-hybridized carbons (Fsp3) is 0.147. The Balaban J connectivity index is 1.54. The Kier molecular flexibility index (Phi) is 6.22. The zero-order valence-electron chi connectivity index (χ0n) is 22.4. The largest absolute Gasteiger partial charge is 0.497 e. The number of rotatable bonds is 5. The highest BCUT2D eigenvalue weighted by atomic mass is 35.5. The van der Waals surface area contributed by atoms with Gasteiger partial charge < -0.3 is 15.0 Å². The number of para-hydroxylation sites is 1. The zero-order valence-corrected chi connectivity index (χ0v) is 23.9. The number of nitrogens with zero attached hydrogens (tertiary/aromatic N) is 1. The Morgan fingerprint density at radius 3 is 2.50 bits per heavy atom. The number of hydrogen-bond donors (Lipinski definition) is 1. The van der Waals surface area contributed by atoms with Gasteiger partial charge in [0.15, 0.2) is 11.6 Å². The van der Waals surface area contributed by atoms with E-state index < -0.39 is 29.2 Å². The van der Waals surface area contributed by atoms with Crippen LogP contribution in [0.15, 0.2) is 97.2 Å². The number of carbonyl (C=O) groups is 3. The Labute approximate surface area is 252 Å².